The number of carboxylic acid groups (broad SMARTS) is 1. The fraction of sp³-hybridized carbons (Fsp3) is 0.333. The van der Waals surface area contributed by atoms with Gasteiger partial charge < -0.3 is 20.2 Å². The normalized spacial score (nSPS) is 18.6. The van der Waals surface area contributed by atoms with E-state index in [9.17, 15) is 19.8 Å². The Labute approximate surface area is 131 Å². The zero-order valence-corrected chi connectivity index (χ0v) is 13.3. The van der Waals surface area contributed by atoms with E-state index in [1.807, 2.05) is 0 Å². The second-order valence-electron chi connectivity index (χ2n) is 4.45. The standard InChI is InChI=1S/C12H11Br2NO5/c13-9-5(3-7(16)11(18)10(9)14)4-15-6(12(19)20)1-2-8(15)17/h3,6,16,18H,1-2,4H2,(H,19,20)/t6-/m0/s1. The molecule has 0 radical (unpaired) electrons. The largest absolute Gasteiger partial charge is 0.504 e. The molecule has 1 heterocycles. The molecule has 6 nitrogen and oxygen atoms in total. The predicted molar refractivity (Wildman–Crippen MR) is 76.4 cm³/mol. The quantitative estimate of drug-likeness (QED) is 0.666. The van der Waals surface area contributed by atoms with Gasteiger partial charge in [0.1, 0.15) is 6.04 Å². The molecular formula is C12H11Br2NO5. The Morgan fingerprint density at radius 3 is 2.60 bits per heavy atom. The van der Waals surface area contributed by atoms with Gasteiger partial charge in [-0.25, -0.2) is 4.79 Å². The van der Waals surface area contributed by atoms with Crippen molar-refractivity contribution >= 4 is 43.7 Å². The van der Waals surface area contributed by atoms with Crippen LogP contribution in [0.25, 0.3) is 0 Å². The fourth-order valence-electron chi connectivity index (χ4n) is 2.14. The fourth-order valence-corrected chi connectivity index (χ4v) is 3.03. The molecule has 0 bridgehead atoms. The average Bonchev–Trinajstić information content (AvgIpc) is 2.75. The molecule has 0 unspecified atom stereocenters. The molecule has 1 amide bonds. The number of phenols is 2. The van der Waals surface area contributed by atoms with Crippen LogP contribution >= 0.6 is 31.9 Å². The lowest BCUT2D eigenvalue weighted by molar-refractivity contribution is -0.146. The Morgan fingerprint density at radius 1 is 1.35 bits per heavy atom. The lowest BCUT2D eigenvalue weighted by Gasteiger charge is -2.22. The van der Waals surface area contributed by atoms with E-state index in [1.54, 1.807) is 0 Å². The summed E-state index contributed by atoms with van der Waals surface area (Å²) in [5, 5.41) is 28.3. The molecule has 8 heteroatoms. The lowest BCUT2D eigenvalue weighted by atomic mass is 10.1. The summed E-state index contributed by atoms with van der Waals surface area (Å²) < 4.78 is 0.725. The van der Waals surface area contributed by atoms with Crippen LogP contribution in [0.1, 0.15) is 18.4 Å². The van der Waals surface area contributed by atoms with E-state index in [4.69, 9.17) is 5.11 Å². The number of phenolic OH excluding ortho intramolecular Hbond substituents is 2. The van der Waals surface area contributed by atoms with Crippen molar-refractivity contribution < 1.29 is 24.9 Å². The Balaban J connectivity index is 2.34. The van der Waals surface area contributed by atoms with Crippen molar-refractivity contribution in [2.45, 2.75) is 25.4 Å². The molecule has 1 fully saturated rings. The van der Waals surface area contributed by atoms with E-state index >= 15 is 0 Å². The number of carboxylic acids is 1. The van der Waals surface area contributed by atoms with Crippen molar-refractivity contribution in [1.29, 1.82) is 0 Å². The monoisotopic (exact) mass is 407 g/mol. The number of halogens is 2. The van der Waals surface area contributed by atoms with Crippen LogP contribution in [-0.2, 0) is 16.1 Å². The smallest absolute Gasteiger partial charge is 0.326 e. The van der Waals surface area contributed by atoms with E-state index < -0.39 is 12.0 Å². The minimum Gasteiger partial charge on any atom is -0.504 e. The maximum Gasteiger partial charge on any atom is 0.326 e. The summed E-state index contributed by atoms with van der Waals surface area (Å²) >= 11 is 6.36. The van der Waals surface area contributed by atoms with E-state index in [0.29, 0.717) is 10.0 Å². The number of hydrogen-bond acceptors (Lipinski definition) is 4. The van der Waals surface area contributed by atoms with Gasteiger partial charge in [0.25, 0.3) is 0 Å². The number of hydrogen-bond donors (Lipinski definition) is 3. The van der Waals surface area contributed by atoms with Crippen LogP contribution in [0.4, 0.5) is 0 Å². The van der Waals surface area contributed by atoms with E-state index in [0.717, 1.165) is 0 Å². The Kier molecular flexibility index (Phi) is 4.24. The molecule has 20 heavy (non-hydrogen) atoms. The van der Waals surface area contributed by atoms with Crippen LogP contribution in [-0.4, -0.2) is 38.1 Å². The number of rotatable bonds is 3. The van der Waals surface area contributed by atoms with Crippen molar-refractivity contribution in [2.75, 3.05) is 0 Å². The molecule has 0 spiro atoms. The van der Waals surface area contributed by atoms with Gasteiger partial charge in [-0.2, -0.15) is 0 Å². The number of aliphatic carboxylic acids is 1. The molecule has 1 aliphatic rings. The molecule has 2 rings (SSSR count). The third-order valence-electron chi connectivity index (χ3n) is 3.19. The Bertz CT molecular complexity index is 590. The summed E-state index contributed by atoms with van der Waals surface area (Å²) in [6.45, 7) is 0.0445. The molecular weight excluding hydrogens is 398 g/mol. The van der Waals surface area contributed by atoms with Crippen LogP contribution in [0, 0.1) is 0 Å². The van der Waals surface area contributed by atoms with Crippen molar-refractivity contribution in [3.05, 3.63) is 20.6 Å². The molecule has 0 aliphatic carbocycles. The number of carbonyl (C=O) groups excluding carboxylic acids is 1. The van der Waals surface area contributed by atoms with Gasteiger partial charge in [0, 0.05) is 17.4 Å². The first-order chi connectivity index (χ1) is 9.32. The van der Waals surface area contributed by atoms with Crippen molar-refractivity contribution in [1.82, 2.24) is 4.90 Å². The summed E-state index contributed by atoms with van der Waals surface area (Å²) in [6.07, 6.45) is 0.469. The van der Waals surface area contributed by atoms with Crippen LogP contribution in [0.2, 0.25) is 0 Å². The lowest BCUT2D eigenvalue weighted by Crippen LogP contribution is -2.38. The van der Waals surface area contributed by atoms with Gasteiger partial charge in [-0.1, -0.05) is 0 Å². The summed E-state index contributed by atoms with van der Waals surface area (Å²) in [5.41, 5.74) is 0.508. The molecule has 1 atom stereocenters. The van der Waals surface area contributed by atoms with Crippen molar-refractivity contribution in [3.8, 4) is 11.5 Å². The van der Waals surface area contributed by atoms with Gasteiger partial charge in [0.15, 0.2) is 11.5 Å². The summed E-state index contributed by atoms with van der Waals surface area (Å²) in [4.78, 5) is 24.1. The summed E-state index contributed by atoms with van der Waals surface area (Å²) in [6, 6.07) is 0.443. The number of benzene rings is 1. The Hall–Kier alpha value is -1.28. The second kappa shape index (κ2) is 5.61. The third kappa shape index (κ3) is 2.62. The van der Waals surface area contributed by atoms with Gasteiger partial charge >= 0.3 is 5.97 Å². The molecule has 3 N–H and O–H groups in total. The van der Waals surface area contributed by atoms with Gasteiger partial charge in [0.05, 0.1) is 4.47 Å². The minimum absolute atomic E-state index is 0.0445. The number of likely N-dealkylation sites (tertiary alicyclic amines) is 1. The van der Waals surface area contributed by atoms with Gasteiger partial charge in [-0.15, -0.1) is 0 Å². The molecule has 1 aromatic rings. The molecule has 1 saturated heterocycles. The van der Waals surface area contributed by atoms with Crippen LogP contribution in [0.15, 0.2) is 15.0 Å². The maximum atomic E-state index is 11.8. The van der Waals surface area contributed by atoms with Crippen LogP contribution in [0.5, 0.6) is 11.5 Å². The topological polar surface area (TPSA) is 98.1 Å². The molecule has 0 saturated carbocycles. The highest BCUT2D eigenvalue weighted by atomic mass is 79.9. The van der Waals surface area contributed by atoms with Gasteiger partial charge in [-0.05, 0) is 49.9 Å². The highest BCUT2D eigenvalue weighted by Gasteiger charge is 2.36. The number of amides is 1. The predicted octanol–water partition coefficient (Wildman–Crippen LogP) is 2.20. The van der Waals surface area contributed by atoms with Gasteiger partial charge in [0.2, 0.25) is 5.91 Å². The Morgan fingerprint density at radius 2 is 2.00 bits per heavy atom. The molecule has 1 aliphatic heterocycles. The maximum absolute atomic E-state index is 11.8. The molecule has 0 aromatic heterocycles. The van der Waals surface area contributed by atoms with Crippen molar-refractivity contribution in [2.24, 2.45) is 0 Å². The zero-order chi connectivity index (χ0) is 15.0. The van der Waals surface area contributed by atoms with Crippen molar-refractivity contribution in [3.63, 3.8) is 0 Å². The third-order valence-corrected chi connectivity index (χ3v) is 5.40. The first-order valence-corrected chi connectivity index (χ1v) is 7.32. The average molecular weight is 409 g/mol. The molecule has 108 valence electrons. The van der Waals surface area contributed by atoms with Gasteiger partial charge in [-0.3, -0.25) is 4.79 Å². The SMILES string of the molecule is O=C(O)[C@@H]1CCC(=O)N1Cc1cc(O)c(O)c(Br)c1Br. The minimum atomic E-state index is -1.05. The van der Waals surface area contributed by atoms with E-state index in [1.165, 1.54) is 11.0 Å². The number of aromatic hydroxyl groups is 2. The van der Waals surface area contributed by atoms with Crippen LogP contribution in [0.3, 0.4) is 0 Å². The second-order valence-corrected chi connectivity index (χ2v) is 6.03. The van der Waals surface area contributed by atoms with Crippen LogP contribution < -0.4 is 0 Å². The highest BCUT2D eigenvalue weighted by molar-refractivity contribution is 9.13. The first kappa shape index (κ1) is 15.1. The van der Waals surface area contributed by atoms with E-state index in [2.05, 4.69) is 31.9 Å². The summed E-state index contributed by atoms with van der Waals surface area (Å²) in [7, 11) is 0. The first-order valence-electron chi connectivity index (χ1n) is 5.74. The summed E-state index contributed by atoms with van der Waals surface area (Å²) in [5.74, 6) is -1.95. The number of carbonyl (C=O) groups is 2. The zero-order valence-electron chi connectivity index (χ0n) is 10.1. The number of nitrogens with zero attached hydrogens (tertiary/aromatic N) is 1. The van der Waals surface area contributed by atoms with E-state index in [-0.39, 0.29) is 41.3 Å². The highest BCUT2D eigenvalue weighted by Crippen LogP contribution is 2.42. The molecule has 1 aromatic carbocycles.